The molecule has 1 unspecified atom stereocenters. The molecule has 0 spiro atoms. The fraction of sp³-hybridized carbons (Fsp3) is 0.429. The van der Waals surface area contributed by atoms with Crippen LogP contribution in [0.1, 0.15) is 38.6 Å². The lowest BCUT2D eigenvalue weighted by Crippen LogP contribution is -2.17. The molecule has 0 aromatic heterocycles. The summed E-state index contributed by atoms with van der Waals surface area (Å²) in [4.78, 5) is 0. The van der Waals surface area contributed by atoms with E-state index in [1.807, 2.05) is 13.0 Å². The molecule has 0 aliphatic heterocycles. The maximum Gasteiger partial charge on any atom is 0.160 e. The van der Waals surface area contributed by atoms with Gasteiger partial charge < -0.3 is 19.3 Å². The molecule has 2 rings (SSSR count). The van der Waals surface area contributed by atoms with Gasteiger partial charge in [-0.3, -0.25) is 0 Å². The van der Waals surface area contributed by atoms with Crippen molar-refractivity contribution in [2.45, 2.75) is 38.7 Å². The minimum Gasteiger partial charge on any atom is -0.493 e. The maximum absolute atomic E-state index is 10.4. The lowest BCUT2D eigenvalue weighted by molar-refractivity contribution is 0.0976. The highest BCUT2D eigenvalue weighted by Crippen LogP contribution is 2.28. The standard InChI is InChI=1S/C21H28O4/c1-16-7-6-10-19(13-16)25-15-18(22)9-5-4-8-17-11-12-20(23-2)21(14-17)24-3/h6-7,10-14,18,22H,4-5,8-9,15H2,1-3H3/i3D3,15D2,18D. The van der Waals surface area contributed by atoms with E-state index in [1.54, 1.807) is 36.4 Å². The number of benzene rings is 2. The van der Waals surface area contributed by atoms with Gasteiger partial charge in [0.15, 0.2) is 11.5 Å². The van der Waals surface area contributed by atoms with Crippen LogP contribution in [0, 0.1) is 6.92 Å². The molecule has 0 heterocycles. The summed E-state index contributed by atoms with van der Waals surface area (Å²) < 4.78 is 61.2. The Hall–Kier alpha value is -2.20. The van der Waals surface area contributed by atoms with Crippen LogP contribution in [0.25, 0.3) is 0 Å². The fourth-order valence-electron chi connectivity index (χ4n) is 2.43. The smallest absolute Gasteiger partial charge is 0.160 e. The molecular formula is C21H28O4. The van der Waals surface area contributed by atoms with E-state index in [-0.39, 0.29) is 17.9 Å². The van der Waals surface area contributed by atoms with Crippen molar-refractivity contribution in [3.63, 3.8) is 0 Å². The van der Waals surface area contributed by atoms with Gasteiger partial charge in [0, 0.05) is 0 Å². The Labute approximate surface area is 158 Å². The number of hydrogen-bond acceptors (Lipinski definition) is 4. The van der Waals surface area contributed by atoms with Crippen molar-refractivity contribution < 1.29 is 27.5 Å². The van der Waals surface area contributed by atoms with Gasteiger partial charge in [0.25, 0.3) is 0 Å². The molecule has 0 saturated carbocycles. The Morgan fingerprint density at radius 3 is 2.80 bits per heavy atom. The summed E-state index contributed by atoms with van der Waals surface area (Å²) in [6.07, 6.45) is -1.15. The summed E-state index contributed by atoms with van der Waals surface area (Å²) in [6.45, 7) is -0.759. The third-order valence-corrected chi connectivity index (χ3v) is 3.74. The molecule has 0 aliphatic rings. The van der Waals surface area contributed by atoms with Gasteiger partial charge in [0.05, 0.1) is 28.5 Å². The Kier molecular flexibility index (Phi) is 4.85. The Balaban J connectivity index is 1.94. The molecule has 0 radical (unpaired) electrons. The van der Waals surface area contributed by atoms with E-state index in [2.05, 4.69) is 0 Å². The Morgan fingerprint density at radius 1 is 1.16 bits per heavy atom. The highest BCUT2D eigenvalue weighted by atomic mass is 16.5. The highest BCUT2D eigenvalue weighted by Gasteiger charge is 2.07. The summed E-state index contributed by atoms with van der Waals surface area (Å²) in [5.41, 5.74) is 1.68. The van der Waals surface area contributed by atoms with Crippen molar-refractivity contribution in [2.24, 2.45) is 0 Å². The summed E-state index contributed by atoms with van der Waals surface area (Å²) >= 11 is 0. The molecule has 0 aliphatic carbocycles. The molecule has 25 heavy (non-hydrogen) atoms. The molecule has 2 aromatic carbocycles. The molecule has 0 saturated heterocycles. The van der Waals surface area contributed by atoms with Gasteiger partial charge in [-0.15, -0.1) is 0 Å². The van der Waals surface area contributed by atoms with Crippen LogP contribution >= 0.6 is 0 Å². The third-order valence-electron chi connectivity index (χ3n) is 3.74. The van der Waals surface area contributed by atoms with E-state index in [0.717, 1.165) is 11.1 Å². The van der Waals surface area contributed by atoms with Gasteiger partial charge in [-0.05, 0) is 61.6 Å². The van der Waals surface area contributed by atoms with Gasteiger partial charge in [-0.1, -0.05) is 24.6 Å². The van der Waals surface area contributed by atoms with Crippen LogP contribution in [0.4, 0.5) is 0 Å². The summed E-state index contributed by atoms with van der Waals surface area (Å²) in [5, 5.41) is 10.4. The van der Waals surface area contributed by atoms with Crippen molar-refractivity contribution >= 4 is 0 Å². The lowest BCUT2D eigenvalue weighted by Gasteiger charge is -2.13. The zero-order valence-electron chi connectivity index (χ0n) is 20.5. The predicted molar refractivity (Wildman–Crippen MR) is 99.8 cm³/mol. The van der Waals surface area contributed by atoms with Crippen LogP contribution in [-0.4, -0.2) is 31.9 Å². The predicted octanol–water partition coefficient (Wildman–Crippen LogP) is 4.16. The van der Waals surface area contributed by atoms with E-state index in [4.69, 9.17) is 22.4 Å². The average Bonchev–Trinajstić information content (AvgIpc) is 2.63. The van der Waals surface area contributed by atoms with Crippen LogP contribution in [-0.2, 0) is 6.42 Å². The van der Waals surface area contributed by atoms with E-state index >= 15 is 0 Å². The van der Waals surface area contributed by atoms with Crippen LogP contribution < -0.4 is 14.2 Å². The molecule has 0 bridgehead atoms. The van der Waals surface area contributed by atoms with Gasteiger partial charge in [0.2, 0.25) is 0 Å². The van der Waals surface area contributed by atoms with Crippen molar-refractivity contribution in [3.05, 3.63) is 53.6 Å². The van der Waals surface area contributed by atoms with Gasteiger partial charge >= 0.3 is 0 Å². The first-order chi connectivity index (χ1) is 14.3. The largest absolute Gasteiger partial charge is 0.493 e. The molecule has 0 fully saturated rings. The van der Waals surface area contributed by atoms with Crippen LogP contribution in [0.2, 0.25) is 0 Å². The number of aryl methyl sites for hydroxylation is 2. The second-order valence-corrected chi connectivity index (χ2v) is 5.76. The van der Waals surface area contributed by atoms with Crippen LogP contribution in [0.15, 0.2) is 42.5 Å². The first kappa shape index (κ1) is 12.2. The van der Waals surface area contributed by atoms with Gasteiger partial charge in [-0.25, -0.2) is 0 Å². The first-order valence-electron chi connectivity index (χ1n) is 11.2. The topological polar surface area (TPSA) is 47.9 Å². The zero-order chi connectivity index (χ0) is 23.3. The number of hydrogen-bond donors (Lipinski definition) is 1. The minimum absolute atomic E-state index is 0.111. The lowest BCUT2D eigenvalue weighted by atomic mass is 10.0. The number of ether oxygens (including phenoxy) is 3. The van der Waals surface area contributed by atoms with Crippen molar-refractivity contribution in [1.82, 2.24) is 0 Å². The second kappa shape index (κ2) is 9.94. The molecular weight excluding hydrogens is 316 g/mol. The quantitative estimate of drug-likeness (QED) is 0.654. The van der Waals surface area contributed by atoms with Gasteiger partial charge in [-0.2, -0.15) is 0 Å². The average molecular weight is 350 g/mol. The summed E-state index contributed by atoms with van der Waals surface area (Å²) in [7, 11) is -1.18. The van der Waals surface area contributed by atoms with Crippen LogP contribution in [0.5, 0.6) is 17.2 Å². The molecule has 136 valence electrons. The number of rotatable bonds is 10. The molecule has 0 amide bonds. The van der Waals surface area contributed by atoms with Crippen molar-refractivity contribution in [1.29, 1.82) is 0 Å². The van der Waals surface area contributed by atoms with E-state index < -0.39 is 19.7 Å². The second-order valence-electron chi connectivity index (χ2n) is 5.76. The minimum atomic E-state index is -2.60. The SMILES string of the molecule is [2H]C([2H])([2H])Oc1cc(CCCCC([2H])(O)C([2H])([2H])Oc2cccc(C)c2)ccc1OC. The fourth-order valence-corrected chi connectivity index (χ4v) is 2.43. The van der Waals surface area contributed by atoms with E-state index in [0.29, 0.717) is 25.0 Å². The maximum atomic E-state index is 10.4. The molecule has 4 nitrogen and oxygen atoms in total. The van der Waals surface area contributed by atoms with E-state index in [9.17, 15) is 5.11 Å². The monoisotopic (exact) mass is 350 g/mol. The van der Waals surface area contributed by atoms with Crippen LogP contribution in [0.3, 0.4) is 0 Å². The highest BCUT2D eigenvalue weighted by molar-refractivity contribution is 5.42. The third kappa shape index (κ3) is 6.31. The molecule has 2 aromatic rings. The normalized spacial score (nSPS) is 17.7. The zero-order valence-corrected chi connectivity index (χ0v) is 14.5. The summed E-state index contributed by atoms with van der Waals surface area (Å²) in [5.74, 6) is 0.664. The van der Waals surface area contributed by atoms with Gasteiger partial charge in [0.1, 0.15) is 12.3 Å². The number of aliphatic hydroxyl groups is 1. The number of unbranched alkanes of at least 4 members (excludes halogenated alkanes) is 1. The first-order valence-corrected chi connectivity index (χ1v) is 8.17. The molecule has 1 N–H and O–H groups in total. The van der Waals surface area contributed by atoms with Crippen molar-refractivity contribution in [3.8, 4) is 17.2 Å². The van der Waals surface area contributed by atoms with E-state index in [1.165, 1.54) is 7.11 Å². The van der Waals surface area contributed by atoms with Crippen molar-refractivity contribution in [2.75, 3.05) is 20.7 Å². The Bertz CT molecular complexity index is 867. The molecule has 4 heteroatoms. The molecule has 1 atom stereocenters. The number of methoxy groups -OCH3 is 2. The summed E-state index contributed by atoms with van der Waals surface area (Å²) in [6, 6.07) is 11.7. The Morgan fingerprint density at radius 2 is 2.04 bits per heavy atom.